The second-order valence-corrected chi connectivity index (χ2v) is 6.27. The lowest BCUT2D eigenvalue weighted by molar-refractivity contribution is 0.323. The molecule has 0 heterocycles. The van der Waals surface area contributed by atoms with Gasteiger partial charge in [-0.2, -0.15) is 0 Å². The Morgan fingerprint density at radius 3 is 2.48 bits per heavy atom. The van der Waals surface area contributed by atoms with Crippen LogP contribution < -0.4 is 5.32 Å². The fourth-order valence-corrected chi connectivity index (χ4v) is 3.09. The maximum Gasteiger partial charge on any atom is 0.127 e. The van der Waals surface area contributed by atoms with Crippen LogP contribution in [0.15, 0.2) is 12.1 Å². The fourth-order valence-electron chi connectivity index (χ4n) is 2.82. The molecule has 0 bridgehead atoms. The molecule has 120 valence electrons. The van der Waals surface area contributed by atoms with E-state index in [1.807, 2.05) is 6.07 Å². The van der Waals surface area contributed by atoms with Gasteiger partial charge in [0.2, 0.25) is 0 Å². The van der Waals surface area contributed by atoms with Crippen molar-refractivity contribution in [3.05, 3.63) is 34.1 Å². The normalized spacial score (nSPS) is 14.2. The number of unbranched alkanes of at least 4 members (excludes halogenated alkanes) is 1. The Bertz CT molecular complexity index is 433. The first-order valence-electron chi connectivity index (χ1n) is 8.23. The van der Waals surface area contributed by atoms with Gasteiger partial charge in [0, 0.05) is 11.1 Å². The van der Waals surface area contributed by atoms with E-state index in [1.165, 1.54) is 25.3 Å². The van der Waals surface area contributed by atoms with Crippen LogP contribution in [-0.2, 0) is 0 Å². The van der Waals surface area contributed by atoms with E-state index in [0.717, 1.165) is 24.9 Å². The average molecular weight is 314 g/mol. The molecule has 0 aromatic heterocycles. The van der Waals surface area contributed by atoms with E-state index in [4.69, 9.17) is 11.6 Å². The highest BCUT2D eigenvalue weighted by Crippen LogP contribution is 2.34. The number of hydrogen-bond donors (Lipinski definition) is 1. The van der Waals surface area contributed by atoms with Gasteiger partial charge >= 0.3 is 0 Å². The van der Waals surface area contributed by atoms with Crippen molar-refractivity contribution < 1.29 is 4.39 Å². The second kappa shape index (κ2) is 9.42. The highest BCUT2D eigenvalue weighted by Gasteiger charge is 2.23. The van der Waals surface area contributed by atoms with Crippen molar-refractivity contribution in [3.63, 3.8) is 0 Å². The van der Waals surface area contributed by atoms with Crippen molar-refractivity contribution >= 4 is 11.6 Å². The first kappa shape index (κ1) is 18.4. The zero-order valence-corrected chi connectivity index (χ0v) is 14.6. The average Bonchev–Trinajstić information content (AvgIpc) is 2.47. The quantitative estimate of drug-likeness (QED) is 0.585. The van der Waals surface area contributed by atoms with Crippen LogP contribution in [0.25, 0.3) is 0 Å². The number of benzene rings is 1. The van der Waals surface area contributed by atoms with Gasteiger partial charge in [-0.3, -0.25) is 0 Å². The van der Waals surface area contributed by atoms with Crippen molar-refractivity contribution in [3.8, 4) is 0 Å². The molecule has 0 aliphatic rings. The van der Waals surface area contributed by atoms with Gasteiger partial charge in [0.15, 0.2) is 0 Å². The van der Waals surface area contributed by atoms with Crippen LogP contribution in [0.3, 0.4) is 0 Å². The third-order valence-corrected chi connectivity index (χ3v) is 4.48. The molecule has 1 rings (SSSR count). The number of halogens is 2. The summed E-state index contributed by atoms with van der Waals surface area (Å²) in [4.78, 5) is 0. The van der Waals surface area contributed by atoms with Gasteiger partial charge in [-0.05, 0) is 49.4 Å². The molecule has 21 heavy (non-hydrogen) atoms. The van der Waals surface area contributed by atoms with Crippen molar-refractivity contribution in [1.82, 2.24) is 5.32 Å². The molecule has 0 aliphatic heterocycles. The minimum absolute atomic E-state index is 0.216. The smallest absolute Gasteiger partial charge is 0.127 e. The molecule has 0 spiro atoms. The van der Waals surface area contributed by atoms with E-state index in [2.05, 4.69) is 26.1 Å². The van der Waals surface area contributed by atoms with Gasteiger partial charge in [-0.25, -0.2) is 4.39 Å². The number of aryl methyl sites for hydroxylation is 1. The molecule has 0 radical (unpaired) electrons. The minimum Gasteiger partial charge on any atom is -0.310 e. The lowest BCUT2D eigenvalue weighted by atomic mass is 9.86. The highest BCUT2D eigenvalue weighted by atomic mass is 35.5. The Labute approximate surface area is 134 Å². The summed E-state index contributed by atoms with van der Waals surface area (Å²) in [5.41, 5.74) is 1.72. The molecular formula is C18H29ClFN. The van der Waals surface area contributed by atoms with Crippen LogP contribution in [0, 0.1) is 18.7 Å². The fraction of sp³-hybridized carbons (Fsp3) is 0.667. The SMILES string of the molecule is CCCCC(CC)C(NCCC)c1cc(C)c(F)cc1Cl. The van der Waals surface area contributed by atoms with Crippen molar-refractivity contribution in [2.24, 2.45) is 5.92 Å². The molecule has 1 aromatic carbocycles. The largest absolute Gasteiger partial charge is 0.310 e. The first-order valence-corrected chi connectivity index (χ1v) is 8.61. The maximum atomic E-state index is 13.7. The molecule has 1 N–H and O–H groups in total. The standard InChI is InChI=1S/C18H29ClFN/c1-5-8-9-14(7-3)18(21-10-6-2)15-11-13(4)17(20)12-16(15)19/h11-12,14,18,21H,5-10H2,1-4H3. The molecule has 0 saturated heterocycles. The van der Waals surface area contributed by atoms with E-state index >= 15 is 0 Å². The molecule has 2 atom stereocenters. The zero-order chi connectivity index (χ0) is 15.8. The Morgan fingerprint density at radius 2 is 1.90 bits per heavy atom. The van der Waals surface area contributed by atoms with Crippen LogP contribution in [0.5, 0.6) is 0 Å². The highest BCUT2D eigenvalue weighted by molar-refractivity contribution is 6.31. The Balaban J connectivity index is 3.07. The van der Waals surface area contributed by atoms with Gasteiger partial charge in [-0.1, -0.05) is 57.7 Å². The topological polar surface area (TPSA) is 12.0 Å². The predicted octanol–water partition coefficient (Wildman–Crippen LogP) is 6.04. The Hall–Kier alpha value is -0.600. The summed E-state index contributed by atoms with van der Waals surface area (Å²) in [5, 5.41) is 4.17. The van der Waals surface area contributed by atoms with Crippen LogP contribution in [-0.4, -0.2) is 6.54 Å². The molecule has 0 fully saturated rings. The summed E-state index contributed by atoms with van der Waals surface area (Å²) in [6.45, 7) is 9.37. The molecule has 0 amide bonds. The summed E-state index contributed by atoms with van der Waals surface area (Å²) in [6.07, 6.45) is 5.79. The summed E-state index contributed by atoms with van der Waals surface area (Å²) >= 11 is 6.33. The molecule has 2 unspecified atom stereocenters. The summed E-state index contributed by atoms with van der Waals surface area (Å²) < 4.78 is 13.7. The number of hydrogen-bond acceptors (Lipinski definition) is 1. The van der Waals surface area contributed by atoms with Gasteiger partial charge in [0.25, 0.3) is 0 Å². The summed E-state index contributed by atoms with van der Waals surface area (Å²) in [7, 11) is 0. The molecule has 1 aromatic rings. The lowest BCUT2D eigenvalue weighted by Crippen LogP contribution is -2.29. The third-order valence-electron chi connectivity index (χ3n) is 4.15. The lowest BCUT2D eigenvalue weighted by Gasteiger charge is -2.29. The van der Waals surface area contributed by atoms with E-state index < -0.39 is 0 Å². The maximum absolute atomic E-state index is 13.7. The Morgan fingerprint density at radius 1 is 1.19 bits per heavy atom. The van der Waals surface area contributed by atoms with Gasteiger partial charge in [0.1, 0.15) is 5.82 Å². The zero-order valence-electron chi connectivity index (χ0n) is 13.8. The van der Waals surface area contributed by atoms with Crippen LogP contribution in [0.1, 0.15) is 70.0 Å². The van der Waals surface area contributed by atoms with E-state index in [-0.39, 0.29) is 11.9 Å². The van der Waals surface area contributed by atoms with Crippen LogP contribution in [0.2, 0.25) is 5.02 Å². The van der Waals surface area contributed by atoms with Crippen LogP contribution >= 0.6 is 11.6 Å². The van der Waals surface area contributed by atoms with Gasteiger partial charge in [-0.15, -0.1) is 0 Å². The summed E-state index contributed by atoms with van der Waals surface area (Å²) in [6, 6.07) is 3.59. The molecule has 0 aliphatic carbocycles. The molecule has 1 nitrogen and oxygen atoms in total. The number of rotatable bonds is 9. The first-order chi connectivity index (χ1) is 10.0. The molecule has 0 saturated carbocycles. The predicted molar refractivity (Wildman–Crippen MR) is 90.5 cm³/mol. The van der Waals surface area contributed by atoms with Crippen molar-refractivity contribution in [2.45, 2.75) is 65.8 Å². The van der Waals surface area contributed by atoms with E-state index in [9.17, 15) is 4.39 Å². The van der Waals surface area contributed by atoms with E-state index in [0.29, 0.717) is 16.5 Å². The molecular weight excluding hydrogens is 285 g/mol. The number of nitrogens with one attached hydrogen (secondary N) is 1. The minimum atomic E-state index is -0.223. The van der Waals surface area contributed by atoms with Crippen molar-refractivity contribution in [1.29, 1.82) is 0 Å². The third kappa shape index (κ3) is 5.27. The Kier molecular flexibility index (Phi) is 8.28. The van der Waals surface area contributed by atoms with Gasteiger partial charge in [0.05, 0.1) is 0 Å². The van der Waals surface area contributed by atoms with Crippen molar-refractivity contribution in [2.75, 3.05) is 6.54 Å². The molecule has 3 heteroatoms. The van der Waals surface area contributed by atoms with Crippen LogP contribution in [0.4, 0.5) is 4.39 Å². The second-order valence-electron chi connectivity index (χ2n) is 5.87. The van der Waals surface area contributed by atoms with Gasteiger partial charge < -0.3 is 5.32 Å². The summed E-state index contributed by atoms with van der Waals surface area (Å²) in [5.74, 6) is 0.318. The van der Waals surface area contributed by atoms with E-state index in [1.54, 1.807) is 6.92 Å². The monoisotopic (exact) mass is 313 g/mol.